The number of aliphatic hydroxyl groups is 1. The van der Waals surface area contributed by atoms with E-state index < -0.39 is 0 Å². The first kappa shape index (κ1) is 24.8. The maximum Gasteiger partial charge on any atom is 0.0555 e. The zero-order valence-electron chi connectivity index (χ0n) is 13.6. The predicted molar refractivity (Wildman–Crippen MR) is 91.2 cm³/mol. The van der Waals surface area contributed by atoms with Crippen molar-refractivity contribution >= 4 is 0 Å². The van der Waals surface area contributed by atoms with Crippen molar-refractivity contribution in [3.63, 3.8) is 0 Å². The molecule has 0 bridgehead atoms. The van der Waals surface area contributed by atoms with Gasteiger partial charge in [0.1, 0.15) is 0 Å². The van der Waals surface area contributed by atoms with E-state index in [1.165, 1.54) is 6.42 Å². The van der Waals surface area contributed by atoms with Gasteiger partial charge in [-0.1, -0.05) is 21.3 Å². The first-order chi connectivity index (χ1) is 8.89. The lowest BCUT2D eigenvalue weighted by molar-refractivity contribution is 0.291. The van der Waals surface area contributed by atoms with Gasteiger partial charge < -0.3 is 26.8 Å². The van der Waals surface area contributed by atoms with Gasteiger partial charge in [-0.25, -0.2) is 0 Å². The third kappa shape index (κ3) is 22.9. The topological polar surface area (TPSA) is 82.3 Å². The maximum atomic E-state index is 8.37. The van der Waals surface area contributed by atoms with Gasteiger partial charge in [0, 0.05) is 31.7 Å². The molecule has 0 heterocycles. The molecule has 0 aliphatic carbocycles. The molecule has 5 nitrogen and oxygen atoms in total. The number of nitrogens with one attached hydrogen (secondary N) is 3. The van der Waals surface area contributed by atoms with E-state index in [1.807, 2.05) is 7.05 Å². The number of aliphatic hydroxyl groups excluding tert-OH is 1. The zero-order chi connectivity index (χ0) is 15.1. The molecule has 5 heteroatoms. The normalized spacial score (nSPS) is 10.8. The molecule has 0 radical (unpaired) electrons. The van der Waals surface area contributed by atoms with E-state index in [0.29, 0.717) is 6.54 Å². The van der Waals surface area contributed by atoms with Gasteiger partial charge in [0.25, 0.3) is 0 Å². The molecule has 0 saturated heterocycles. The second-order valence-corrected chi connectivity index (χ2v) is 5.77. The molecule has 0 aliphatic heterocycles. The van der Waals surface area contributed by atoms with Crippen LogP contribution in [0.25, 0.3) is 0 Å². The van der Waals surface area contributed by atoms with Crippen LogP contribution in [0.3, 0.4) is 0 Å². The highest BCUT2D eigenvalue weighted by molar-refractivity contribution is 4.77. The van der Waals surface area contributed by atoms with Crippen molar-refractivity contribution < 1.29 is 5.11 Å². The first-order valence-corrected chi connectivity index (χ1v) is 7.31. The van der Waals surface area contributed by atoms with E-state index in [4.69, 9.17) is 10.8 Å². The molecule has 0 unspecified atom stereocenters. The summed E-state index contributed by atoms with van der Waals surface area (Å²) in [6.07, 6.45) is 1.19. The summed E-state index contributed by atoms with van der Waals surface area (Å²) in [6, 6.07) is 0. The Labute approximate surface area is 127 Å². The minimum absolute atomic E-state index is 0. The van der Waals surface area contributed by atoms with Crippen LogP contribution in [-0.4, -0.2) is 57.0 Å². The fourth-order valence-corrected chi connectivity index (χ4v) is 1.19. The summed E-state index contributed by atoms with van der Waals surface area (Å²) >= 11 is 0. The minimum Gasteiger partial charge on any atom is -0.395 e. The quantitative estimate of drug-likeness (QED) is 0.385. The summed E-state index contributed by atoms with van der Waals surface area (Å²) in [7, 11) is 1.94. The lowest BCUT2D eigenvalue weighted by Crippen LogP contribution is -2.47. The Morgan fingerprint density at radius 1 is 1.10 bits per heavy atom. The maximum absolute atomic E-state index is 8.37. The highest BCUT2D eigenvalue weighted by atomic mass is 16.3. The Balaban J connectivity index is -0.000000277. The van der Waals surface area contributed by atoms with E-state index in [1.54, 1.807) is 0 Å². The van der Waals surface area contributed by atoms with Gasteiger partial charge in [-0.05, 0) is 39.8 Å². The van der Waals surface area contributed by atoms with Crippen molar-refractivity contribution in [2.24, 2.45) is 11.7 Å². The van der Waals surface area contributed by atoms with E-state index in [-0.39, 0.29) is 19.6 Å². The Bertz CT molecular complexity index is 175. The molecule has 20 heavy (non-hydrogen) atoms. The average Bonchev–Trinajstić information content (AvgIpc) is 2.35. The highest BCUT2D eigenvalue weighted by Crippen LogP contribution is 1.96. The molecular weight excluding hydrogens is 252 g/mol. The summed E-state index contributed by atoms with van der Waals surface area (Å²) in [5.41, 5.74) is 5.59. The van der Waals surface area contributed by atoms with Crippen molar-refractivity contribution in [2.75, 3.05) is 46.4 Å². The molecule has 0 aromatic heterocycles. The second kappa shape index (κ2) is 16.9. The monoisotopic (exact) mass is 292 g/mol. The van der Waals surface area contributed by atoms with Crippen molar-refractivity contribution in [3.8, 4) is 0 Å². The van der Waals surface area contributed by atoms with Crippen molar-refractivity contribution in [2.45, 2.75) is 47.1 Å². The zero-order valence-corrected chi connectivity index (χ0v) is 13.6. The van der Waals surface area contributed by atoms with E-state index >= 15 is 0 Å². The molecule has 0 saturated carbocycles. The number of rotatable bonds is 10. The molecule has 126 valence electrons. The highest BCUT2D eigenvalue weighted by Gasteiger charge is 2.12. The van der Waals surface area contributed by atoms with Crippen LogP contribution >= 0.6 is 0 Å². The molecule has 0 aromatic carbocycles. The Morgan fingerprint density at radius 3 is 2.10 bits per heavy atom. The van der Waals surface area contributed by atoms with Crippen molar-refractivity contribution in [3.05, 3.63) is 0 Å². The average molecular weight is 293 g/mol. The van der Waals surface area contributed by atoms with Crippen molar-refractivity contribution in [1.82, 2.24) is 16.0 Å². The van der Waals surface area contributed by atoms with Crippen LogP contribution in [0.5, 0.6) is 0 Å². The van der Waals surface area contributed by atoms with Gasteiger partial charge in [0.15, 0.2) is 0 Å². The summed E-state index contributed by atoms with van der Waals surface area (Å²) in [5, 5.41) is 17.9. The van der Waals surface area contributed by atoms with Crippen LogP contribution in [0.1, 0.15) is 41.5 Å². The summed E-state index contributed by atoms with van der Waals surface area (Å²) in [6.45, 7) is 13.2. The predicted octanol–water partition coefficient (Wildman–Crippen LogP) is 0.783. The number of likely N-dealkylation sites (N-methyl/N-ethyl adjacent to an activating group) is 1. The van der Waals surface area contributed by atoms with Gasteiger partial charge in [0.2, 0.25) is 0 Å². The minimum atomic E-state index is 0. The fourth-order valence-electron chi connectivity index (χ4n) is 1.19. The van der Waals surface area contributed by atoms with Crippen LogP contribution in [0.15, 0.2) is 0 Å². The first-order valence-electron chi connectivity index (χ1n) is 7.31. The number of hydrogen-bond acceptors (Lipinski definition) is 5. The van der Waals surface area contributed by atoms with Crippen LogP contribution < -0.4 is 21.7 Å². The molecule has 0 aromatic rings. The van der Waals surface area contributed by atoms with E-state index in [9.17, 15) is 0 Å². The number of nitrogens with two attached hydrogens (primary N) is 1. The summed E-state index contributed by atoms with van der Waals surface area (Å²) in [5.74, 6) is 0.760. The van der Waals surface area contributed by atoms with Gasteiger partial charge in [-0.15, -0.1) is 0 Å². The third-order valence-corrected chi connectivity index (χ3v) is 2.68. The molecule has 0 rings (SSSR count). The van der Waals surface area contributed by atoms with Crippen LogP contribution in [0.4, 0.5) is 0 Å². The smallest absolute Gasteiger partial charge is 0.0555 e. The van der Waals surface area contributed by atoms with Crippen LogP contribution in [-0.2, 0) is 0 Å². The van der Waals surface area contributed by atoms with E-state index in [2.05, 4.69) is 43.6 Å². The van der Waals surface area contributed by atoms with Gasteiger partial charge in [-0.2, -0.15) is 0 Å². The Morgan fingerprint density at radius 2 is 1.70 bits per heavy atom. The standard InChI is InChI=1S/C7H19N3.C7H17NO.CH4/c1-7(2,6-8)10-5-4-9-3;1-7(2)3-4-8-5-6-9;/h9-10H,4-6,8H2,1-3H3;7-9H,3-6H2,1-2H3;1H4. The van der Waals surface area contributed by atoms with Gasteiger partial charge in [-0.3, -0.25) is 0 Å². The molecule has 0 atom stereocenters. The molecular formula is C15H40N4O. The van der Waals surface area contributed by atoms with Gasteiger partial charge in [0.05, 0.1) is 6.61 Å². The molecule has 0 amide bonds. The third-order valence-electron chi connectivity index (χ3n) is 2.68. The Hall–Kier alpha value is -0.200. The Kier molecular flexibility index (Phi) is 20.9. The van der Waals surface area contributed by atoms with Crippen LogP contribution in [0.2, 0.25) is 0 Å². The summed E-state index contributed by atoms with van der Waals surface area (Å²) in [4.78, 5) is 0. The fraction of sp³-hybridized carbons (Fsp3) is 1.00. The lowest BCUT2D eigenvalue weighted by Gasteiger charge is -2.23. The van der Waals surface area contributed by atoms with E-state index in [0.717, 1.165) is 32.1 Å². The summed E-state index contributed by atoms with van der Waals surface area (Å²) < 4.78 is 0. The van der Waals surface area contributed by atoms with Crippen LogP contribution in [0, 0.1) is 5.92 Å². The molecule has 0 spiro atoms. The second-order valence-electron chi connectivity index (χ2n) is 5.77. The number of hydrogen-bond donors (Lipinski definition) is 5. The largest absolute Gasteiger partial charge is 0.395 e. The van der Waals surface area contributed by atoms with Crippen molar-refractivity contribution in [1.29, 1.82) is 0 Å². The molecule has 6 N–H and O–H groups in total. The lowest BCUT2D eigenvalue weighted by atomic mass is 10.1. The SMILES string of the molecule is C.CC(C)CCNCCO.CNCCNC(C)(C)CN. The molecule has 0 aliphatic rings. The molecule has 0 fully saturated rings. The van der Waals surface area contributed by atoms with Gasteiger partial charge >= 0.3 is 0 Å².